The van der Waals surface area contributed by atoms with Crippen LogP contribution in [0.2, 0.25) is 0 Å². The lowest BCUT2D eigenvalue weighted by Crippen LogP contribution is -2.38. The summed E-state index contributed by atoms with van der Waals surface area (Å²) in [6.45, 7) is 9.01. The highest BCUT2D eigenvalue weighted by Crippen LogP contribution is 2.20. The minimum Gasteiger partial charge on any atom is -0.357 e. The zero-order valence-corrected chi connectivity index (χ0v) is 18.5. The normalized spacial score (nSPS) is 12.5. The third kappa shape index (κ3) is 7.06. The first-order chi connectivity index (χ1) is 11.2. The first-order valence-electron chi connectivity index (χ1n) is 8.22. The molecule has 0 bridgehead atoms. The van der Waals surface area contributed by atoms with E-state index in [1.54, 1.807) is 22.7 Å². The van der Waals surface area contributed by atoms with Crippen molar-refractivity contribution in [2.75, 3.05) is 19.6 Å². The lowest BCUT2D eigenvalue weighted by molar-refractivity contribution is 0.754. The predicted octanol–water partition coefficient (Wildman–Crippen LogP) is 4.29. The van der Waals surface area contributed by atoms with Crippen LogP contribution >= 0.6 is 46.7 Å². The van der Waals surface area contributed by atoms with E-state index in [9.17, 15) is 0 Å². The molecule has 0 aliphatic carbocycles. The standard InChI is InChI=1S/C17H26N4S2.HI/c1-4-14-12-20-16(23-14)8-9-19-17(18-5-2)21-11-13(3)15-7-6-10-22-15;/h6-7,10,12-13H,4-5,8-9,11H2,1-3H3,(H2,18,19,21);1H. The lowest BCUT2D eigenvalue weighted by Gasteiger charge is -2.12. The van der Waals surface area contributed by atoms with E-state index in [1.165, 1.54) is 14.8 Å². The van der Waals surface area contributed by atoms with Gasteiger partial charge in [0.1, 0.15) is 0 Å². The number of thiazole rings is 1. The van der Waals surface area contributed by atoms with E-state index in [2.05, 4.69) is 53.9 Å². The van der Waals surface area contributed by atoms with E-state index in [1.807, 2.05) is 6.20 Å². The van der Waals surface area contributed by atoms with Crippen molar-refractivity contribution < 1.29 is 0 Å². The fourth-order valence-electron chi connectivity index (χ4n) is 2.15. The molecule has 2 rings (SSSR count). The van der Waals surface area contributed by atoms with Gasteiger partial charge in [-0.05, 0) is 24.8 Å². The van der Waals surface area contributed by atoms with E-state index >= 15 is 0 Å². The number of rotatable bonds is 8. The van der Waals surface area contributed by atoms with Crippen molar-refractivity contribution in [2.24, 2.45) is 4.99 Å². The number of guanidine groups is 1. The number of nitrogens with zero attached hydrogens (tertiary/aromatic N) is 2. The van der Waals surface area contributed by atoms with Gasteiger partial charge in [-0.25, -0.2) is 4.98 Å². The minimum absolute atomic E-state index is 0. The van der Waals surface area contributed by atoms with E-state index < -0.39 is 0 Å². The number of aliphatic imine (C=N–C) groups is 1. The number of hydrogen-bond donors (Lipinski definition) is 2. The van der Waals surface area contributed by atoms with Crippen molar-refractivity contribution in [3.63, 3.8) is 0 Å². The van der Waals surface area contributed by atoms with Crippen molar-refractivity contribution in [1.82, 2.24) is 15.6 Å². The quantitative estimate of drug-likeness (QED) is 0.338. The highest BCUT2D eigenvalue weighted by Gasteiger charge is 2.07. The first-order valence-corrected chi connectivity index (χ1v) is 9.91. The van der Waals surface area contributed by atoms with Gasteiger partial charge in [-0.15, -0.1) is 46.7 Å². The Morgan fingerprint density at radius 3 is 2.79 bits per heavy atom. The molecule has 0 fully saturated rings. The second-order valence-electron chi connectivity index (χ2n) is 5.39. The summed E-state index contributed by atoms with van der Waals surface area (Å²) in [6, 6.07) is 4.28. The molecular weight excluding hydrogens is 451 g/mol. The molecule has 24 heavy (non-hydrogen) atoms. The second-order valence-corrected chi connectivity index (χ2v) is 7.57. The van der Waals surface area contributed by atoms with Crippen LogP contribution in [0.5, 0.6) is 0 Å². The molecule has 0 spiro atoms. The summed E-state index contributed by atoms with van der Waals surface area (Å²) < 4.78 is 0. The second kappa shape index (κ2) is 11.8. The summed E-state index contributed by atoms with van der Waals surface area (Å²) in [5, 5.41) is 10.0. The van der Waals surface area contributed by atoms with Crippen molar-refractivity contribution in [3.05, 3.63) is 38.5 Å². The van der Waals surface area contributed by atoms with Crippen molar-refractivity contribution >= 4 is 52.6 Å². The van der Waals surface area contributed by atoms with Crippen LogP contribution in [0, 0.1) is 0 Å². The van der Waals surface area contributed by atoms with Crippen molar-refractivity contribution in [3.8, 4) is 0 Å². The molecule has 2 heterocycles. The average molecular weight is 478 g/mol. The molecule has 0 aliphatic heterocycles. The number of aromatic nitrogens is 1. The third-order valence-electron chi connectivity index (χ3n) is 3.48. The van der Waals surface area contributed by atoms with Gasteiger partial charge in [-0.3, -0.25) is 4.99 Å². The Balaban J connectivity index is 0.00000288. The summed E-state index contributed by atoms with van der Waals surface area (Å²) in [5.41, 5.74) is 0. The number of aryl methyl sites for hydroxylation is 1. The van der Waals surface area contributed by atoms with Crippen LogP contribution in [0.25, 0.3) is 0 Å². The topological polar surface area (TPSA) is 49.3 Å². The summed E-state index contributed by atoms with van der Waals surface area (Å²) in [5.74, 6) is 1.35. The Labute approximate surface area is 170 Å². The monoisotopic (exact) mass is 478 g/mol. The summed E-state index contributed by atoms with van der Waals surface area (Å²) in [4.78, 5) is 11.9. The maximum atomic E-state index is 4.71. The fraction of sp³-hybridized carbons (Fsp3) is 0.529. The van der Waals surface area contributed by atoms with E-state index in [0.29, 0.717) is 5.92 Å². The molecule has 0 saturated heterocycles. The Hall–Kier alpha value is -0.670. The van der Waals surface area contributed by atoms with E-state index in [-0.39, 0.29) is 24.0 Å². The molecule has 7 heteroatoms. The molecular formula is C17H27IN4S2. The van der Waals surface area contributed by atoms with Crippen LogP contribution < -0.4 is 10.6 Å². The van der Waals surface area contributed by atoms with Crippen LogP contribution in [0.4, 0.5) is 0 Å². The SMILES string of the molecule is CCNC(=NCC(C)c1cccs1)NCCc1ncc(CC)s1.I. The van der Waals surface area contributed by atoms with Crippen LogP contribution in [0.15, 0.2) is 28.7 Å². The van der Waals surface area contributed by atoms with Crippen molar-refractivity contribution in [1.29, 1.82) is 0 Å². The minimum atomic E-state index is 0. The number of halogens is 1. The van der Waals surface area contributed by atoms with Gasteiger partial charge in [0.2, 0.25) is 0 Å². The van der Waals surface area contributed by atoms with Gasteiger partial charge in [-0.2, -0.15) is 0 Å². The highest BCUT2D eigenvalue weighted by atomic mass is 127. The zero-order valence-electron chi connectivity index (χ0n) is 14.5. The number of thiophene rings is 1. The van der Waals surface area contributed by atoms with Gasteiger partial charge in [0.25, 0.3) is 0 Å². The molecule has 1 unspecified atom stereocenters. The molecule has 2 aromatic rings. The lowest BCUT2D eigenvalue weighted by atomic mass is 10.1. The summed E-state index contributed by atoms with van der Waals surface area (Å²) >= 11 is 3.60. The zero-order chi connectivity index (χ0) is 16.5. The molecule has 0 radical (unpaired) electrons. The van der Waals surface area contributed by atoms with Gasteiger partial charge in [0.15, 0.2) is 5.96 Å². The Morgan fingerprint density at radius 2 is 2.17 bits per heavy atom. The molecule has 0 aliphatic rings. The molecule has 0 amide bonds. The summed E-state index contributed by atoms with van der Waals surface area (Å²) in [7, 11) is 0. The highest BCUT2D eigenvalue weighted by molar-refractivity contribution is 14.0. The largest absolute Gasteiger partial charge is 0.357 e. The molecule has 2 N–H and O–H groups in total. The Kier molecular flexibility index (Phi) is 10.5. The molecule has 4 nitrogen and oxygen atoms in total. The van der Waals surface area contributed by atoms with Gasteiger partial charge >= 0.3 is 0 Å². The number of nitrogens with one attached hydrogen (secondary N) is 2. The van der Waals surface area contributed by atoms with Gasteiger partial charge < -0.3 is 10.6 Å². The smallest absolute Gasteiger partial charge is 0.191 e. The van der Waals surface area contributed by atoms with Crippen molar-refractivity contribution in [2.45, 2.75) is 39.5 Å². The molecule has 2 aromatic heterocycles. The van der Waals surface area contributed by atoms with E-state index in [4.69, 9.17) is 4.99 Å². The van der Waals surface area contributed by atoms with Gasteiger partial charge in [-0.1, -0.05) is 19.9 Å². The molecule has 1 atom stereocenters. The number of hydrogen-bond acceptors (Lipinski definition) is 4. The maximum absolute atomic E-state index is 4.71. The Morgan fingerprint density at radius 1 is 1.33 bits per heavy atom. The Bertz CT molecular complexity index is 596. The average Bonchev–Trinajstić information content (AvgIpc) is 3.23. The van der Waals surface area contributed by atoms with Crippen LogP contribution in [-0.2, 0) is 12.8 Å². The van der Waals surface area contributed by atoms with Crippen LogP contribution in [0.3, 0.4) is 0 Å². The van der Waals surface area contributed by atoms with Gasteiger partial charge in [0.05, 0.1) is 11.6 Å². The first kappa shape index (κ1) is 21.4. The molecule has 0 saturated carbocycles. The third-order valence-corrected chi connectivity index (χ3v) is 5.78. The van der Waals surface area contributed by atoms with Gasteiger partial charge in [0, 0.05) is 41.4 Å². The molecule has 0 aromatic carbocycles. The molecule has 134 valence electrons. The summed E-state index contributed by atoms with van der Waals surface area (Å²) in [6.07, 6.45) is 3.99. The maximum Gasteiger partial charge on any atom is 0.191 e. The van der Waals surface area contributed by atoms with E-state index in [0.717, 1.165) is 38.4 Å². The predicted molar refractivity (Wildman–Crippen MR) is 117 cm³/mol. The van der Waals surface area contributed by atoms with Crippen LogP contribution in [0.1, 0.15) is 41.5 Å². The van der Waals surface area contributed by atoms with Crippen LogP contribution in [-0.4, -0.2) is 30.6 Å². The fourth-order valence-corrected chi connectivity index (χ4v) is 3.79.